The summed E-state index contributed by atoms with van der Waals surface area (Å²) in [5.74, 6) is 0.388. The number of halogens is 1. The number of hydrogen-bond donors (Lipinski definition) is 2. The number of nitrogens with zero attached hydrogens (tertiary/aromatic N) is 3. The number of guanidine groups is 1. The molecule has 148 valence electrons. The van der Waals surface area contributed by atoms with E-state index in [4.69, 9.17) is 0 Å². The zero-order valence-electron chi connectivity index (χ0n) is 16.0. The first kappa shape index (κ1) is 20.7. The lowest BCUT2D eigenvalue weighted by molar-refractivity contribution is -0.130. The van der Waals surface area contributed by atoms with Crippen LogP contribution >= 0.6 is 0 Å². The second kappa shape index (κ2) is 10.5. The Bertz CT molecular complexity index is 672. The summed E-state index contributed by atoms with van der Waals surface area (Å²) in [4.78, 5) is 31.9. The average molecular weight is 377 g/mol. The summed E-state index contributed by atoms with van der Waals surface area (Å²) >= 11 is 0. The molecular formula is C19H28FN5O2. The number of piperazine rings is 1. The fourth-order valence-corrected chi connectivity index (χ4v) is 2.91. The Balaban J connectivity index is 1.78. The first-order chi connectivity index (χ1) is 13.0. The Morgan fingerprint density at radius 2 is 1.85 bits per heavy atom. The molecule has 0 saturated carbocycles. The highest BCUT2D eigenvalue weighted by atomic mass is 19.1. The van der Waals surface area contributed by atoms with Gasteiger partial charge in [-0.05, 0) is 24.6 Å². The summed E-state index contributed by atoms with van der Waals surface area (Å²) in [6.45, 7) is 8.03. The summed E-state index contributed by atoms with van der Waals surface area (Å²) in [6.07, 6.45) is 0.147. The van der Waals surface area contributed by atoms with Gasteiger partial charge in [-0.1, -0.05) is 12.1 Å². The molecule has 2 rings (SSSR count). The van der Waals surface area contributed by atoms with Crippen LogP contribution in [-0.4, -0.2) is 73.4 Å². The number of carbonyl (C=O) groups is 2. The minimum Gasteiger partial charge on any atom is -0.357 e. The highest BCUT2D eigenvalue weighted by Gasteiger charge is 2.20. The molecule has 8 heteroatoms. The Labute approximate surface area is 159 Å². The molecule has 0 unspecified atom stereocenters. The molecule has 27 heavy (non-hydrogen) atoms. The maximum absolute atomic E-state index is 13.1. The molecule has 1 saturated heterocycles. The first-order valence-corrected chi connectivity index (χ1v) is 9.29. The van der Waals surface area contributed by atoms with Gasteiger partial charge in [-0.25, -0.2) is 4.39 Å². The summed E-state index contributed by atoms with van der Waals surface area (Å²) in [7, 11) is 0. The highest BCUT2D eigenvalue weighted by Crippen LogP contribution is 2.04. The summed E-state index contributed by atoms with van der Waals surface area (Å²) in [5, 5.41) is 6.05. The summed E-state index contributed by atoms with van der Waals surface area (Å²) in [5.41, 5.74) is 0.646. The molecule has 0 spiro atoms. The Morgan fingerprint density at radius 3 is 2.48 bits per heavy atom. The van der Waals surface area contributed by atoms with Gasteiger partial charge in [-0.15, -0.1) is 0 Å². The van der Waals surface area contributed by atoms with Crippen LogP contribution in [0.3, 0.4) is 0 Å². The molecule has 1 heterocycles. The van der Waals surface area contributed by atoms with Gasteiger partial charge in [0.2, 0.25) is 11.8 Å². The number of amides is 2. The third kappa shape index (κ3) is 6.88. The van der Waals surface area contributed by atoms with E-state index in [0.717, 1.165) is 25.6 Å². The third-order valence-corrected chi connectivity index (χ3v) is 4.31. The van der Waals surface area contributed by atoms with Crippen LogP contribution in [0.2, 0.25) is 0 Å². The number of carbonyl (C=O) groups excluding carboxylic acids is 2. The van der Waals surface area contributed by atoms with E-state index in [1.165, 1.54) is 12.1 Å². The van der Waals surface area contributed by atoms with E-state index in [0.29, 0.717) is 31.7 Å². The van der Waals surface area contributed by atoms with Crippen molar-refractivity contribution in [2.45, 2.75) is 20.3 Å². The van der Waals surface area contributed by atoms with Gasteiger partial charge in [-0.3, -0.25) is 14.6 Å². The van der Waals surface area contributed by atoms with Crippen LogP contribution in [0.4, 0.5) is 4.39 Å². The van der Waals surface area contributed by atoms with E-state index in [9.17, 15) is 14.0 Å². The van der Waals surface area contributed by atoms with Crippen LogP contribution in [0.15, 0.2) is 29.3 Å². The van der Waals surface area contributed by atoms with Crippen molar-refractivity contribution in [1.82, 2.24) is 20.4 Å². The summed E-state index contributed by atoms with van der Waals surface area (Å²) in [6, 6.07) is 6.04. The molecule has 1 aromatic rings. The Morgan fingerprint density at radius 1 is 1.15 bits per heavy atom. The van der Waals surface area contributed by atoms with Gasteiger partial charge in [0, 0.05) is 46.2 Å². The van der Waals surface area contributed by atoms with Gasteiger partial charge in [0.05, 0.1) is 13.0 Å². The SMILES string of the molecule is CCNC(=NCCNC(=O)Cc1cccc(F)c1)N1CCN(C(C)=O)CC1. The van der Waals surface area contributed by atoms with E-state index in [-0.39, 0.29) is 24.1 Å². The first-order valence-electron chi connectivity index (χ1n) is 9.29. The van der Waals surface area contributed by atoms with Gasteiger partial charge >= 0.3 is 0 Å². The van der Waals surface area contributed by atoms with Crippen LogP contribution in [-0.2, 0) is 16.0 Å². The fourth-order valence-electron chi connectivity index (χ4n) is 2.91. The number of nitrogens with one attached hydrogen (secondary N) is 2. The lowest BCUT2D eigenvalue weighted by atomic mass is 10.1. The van der Waals surface area contributed by atoms with Crippen LogP contribution < -0.4 is 10.6 Å². The molecule has 0 aliphatic carbocycles. The third-order valence-electron chi connectivity index (χ3n) is 4.31. The smallest absolute Gasteiger partial charge is 0.224 e. The molecule has 1 aromatic carbocycles. The van der Waals surface area contributed by atoms with Crippen molar-refractivity contribution in [3.63, 3.8) is 0 Å². The molecular weight excluding hydrogens is 349 g/mol. The van der Waals surface area contributed by atoms with E-state index < -0.39 is 0 Å². The van der Waals surface area contributed by atoms with Gasteiger partial charge in [0.15, 0.2) is 5.96 Å². The standard InChI is InChI=1S/C19H28FN5O2/c1-3-21-19(25-11-9-24(10-12-25)15(2)26)23-8-7-22-18(27)14-16-5-4-6-17(20)13-16/h4-6,13H,3,7-12,14H2,1-2H3,(H,21,23)(H,22,27). The van der Waals surface area contributed by atoms with E-state index in [1.54, 1.807) is 19.1 Å². The molecule has 0 bridgehead atoms. The molecule has 7 nitrogen and oxygen atoms in total. The van der Waals surface area contributed by atoms with Crippen molar-refractivity contribution in [2.24, 2.45) is 4.99 Å². The minimum absolute atomic E-state index is 0.0950. The van der Waals surface area contributed by atoms with Gasteiger partial charge in [0.25, 0.3) is 0 Å². The molecule has 2 N–H and O–H groups in total. The van der Waals surface area contributed by atoms with Crippen molar-refractivity contribution in [3.8, 4) is 0 Å². The highest BCUT2D eigenvalue weighted by molar-refractivity contribution is 5.81. The molecule has 0 atom stereocenters. The van der Waals surface area contributed by atoms with Crippen molar-refractivity contribution in [2.75, 3.05) is 45.8 Å². The molecule has 1 fully saturated rings. The lowest BCUT2D eigenvalue weighted by Crippen LogP contribution is -2.53. The molecule has 1 aliphatic heterocycles. The minimum atomic E-state index is -0.343. The quantitative estimate of drug-likeness (QED) is 0.433. The predicted octanol–water partition coefficient (Wildman–Crippen LogP) is 0.614. The van der Waals surface area contributed by atoms with Crippen molar-refractivity contribution in [1.29, 1.82) is 0 Å². The maximum atomic E-state index is 13.1. The lowest BCUT2D eigenvalue weighted by Gasteiger charge is -2.36. The van der Waals surface area contributed by atoms with Crippen LogP contribution in [0.25, 0.3) is 0 Å². The largest absolute Gasteiger partial charge is 0.357 e. The molecule has 1 aliphatic rings. The van der Waals surface area contributed by atoms with Crippen molar-refractivity contribution < 1.29 is 14.0 Å². The zero-order chi connectivity index (χ0) is 19.6. The number of hydrogen-bond acceptors (Lipinski definition) is 3. The second-order valence-electron chi connectivity index (χ2n) is 6.39. The summed E-state index contributed by atoms with van der Waals surface area (Å²) < 4.78 is 13.1. The van der Waals surface area contributed by atoms with Gasteiger partial charge in [-0.2, -0.15) is 0 Å². The van der Waals surface area contributed by atoms with Crippen molar-refractivity contribution in [3.05, 3.63) is 35.6 Å². The van der Waals surface area contributed by atoms with Gasteiger partial charge in [0.1, 0.15) is 5.82 Å². The van der Waals surface area contributed by atoms with Crippen LogP contribution in [0.1, 0.15) is 19.4 Å². The van der Waals surface area contributed by atoms with E-state index >= 15 is 0 Å². The normalized spacial score (nSPS) is 14.9. The van der Waals surface area contributed by atoms with E-state index in [2.05, 4.69) is 20.5 Å². The van der Waals surface area contributed by atoms with E-state index in [1.807, 2.05) is 11.8 Å². The maximum Gasteiger partial charge on any atom is 0.224 e. The topological polar surface area (TPSA) is 77.0 Å². The number of benzene rings is 1. The monoisotopic (exact) mass is 377 g/mol. The molecule has 2 amide bonds. The molecule has 0 aromatic heterocycles. The number of rotatable bonds is 6. The van der Waals surface area contributed by atoms with Crippen LogP contribution in [0.5, 0.6) is 0 Å². The van der Waals surface area contributed by atoms with Crippen LogP contribution in [0, 0.1) is 5.82 Å². The molecule has 0 radical (unpaired) electrons. The zero-order valence-corrected chi connectivity index (χ0v) is 16.0. The average Bonchev–Trinajstić information content (AvgIpc) is 2.64. The Hall–Kier alpha value is -2.64. The Kier molecular flexibility index (Phi) is 8.03. The second-order valence-corrected chi connectivity index (χ2v) is 6.39. The fraction of sp³-hybridized carbons (Fsp3) is 0.526. The van der Waals surface area contributed by atoms with Crippen molar-refractivity contribution >= 4 is 17.8 Å². The predicted molar refractivity (Wildman–Crippen MR) is 103 cm³/mol. The van der Waals surface area contributed by atoms with Gasteiger partial charge < -0.3 is 20.4 Å². The number of aliphatic imine (C=N–C) groups is 1.